The van der Waals surface area contributed by atoms with E-state index in [1.54, 1.807) is 28.1 Å². The van der Waals surface area contributed by atoms with Crippen molar-refractivity contribution in [3.05, 3.63) is 52.5 Å². The third-order valence-corrected chi connectivity index (χ3v) is 7.19. The van der Waals surface area contributed by atoms with Gasteiger partial charge in [-0.15, -0.1) is 0 Å². The second-order valence-corrected chi connectivity index (χ2v) is 9.22. The minimum absolute atomic E-state index is 0.0311. The maximum atomic E-state index is 12.7. The van der Waals surface area contributed by atoms with Gasteiger partial charge in [0.2, 0.25) is 0 Å². The molecule has 8 nitrogen and oxygen atoms in total. The van der Waals surface area contributed by atoms with Crippen LogP contribution in [0.4, 0.5) is 5.69 Å². The molecule has 1 amide bonds. The Kier molecular flexibility index (Phi) is 5.12. The molecule has 30 heavy (non-hydrogen) atoms. The first kappa shape index (κ1) is 19.4. The zero-order valence-electron chi connectivity index (χ0n) is 17.4. The number of rotatable bonds is 3. The average Bonchev–Trinajstić information content (AvgIpc) is 2.76. The van der Waals surface area contributed by atoms with Crippen LogP contribution in [0.5, 0.6) is 0 Å². The number of nitrogens with zero attached hydrogens (tertiary/aromatic N) is 3. The van der Waals surface area contributed by atoms with Crippen molar-refractivity contribution < 1.29 is 14.6 Å². The number of carbonyl (C=O) groups is 1. The molecule has 8 heteroatoms. The largest absolute Gasteiger partial charge is 0.337 e. The number of hydrogen-bond acceptors (Lipinski definition) is 4. The number of quaternary nitrogens is 2. The van der Waals surface area contributed by atoms with Crippen LogP contribution in [-0.2, 0) is 6.54 Å². The molecule has 0 aliphatic carbocycles. The van der Waals surface area contributed by atoms with E-state index in [-0.39, 0.29) is 17.2 Å². The molecule has 3 N–H and O–H groups in total. The average molecular weight is 411 g/mol. The molecule has 0 saturated carbocycles. The second-order valence-electron chi connectivity index (χ2n) is 9.22. The SMILES string of the molecule is C[NH+]1CCC([NH+]2C[C@@H]3C[C@H](C2)c2c(NC(=O)c4cnccn4)ccc(=O)n2C3)CC1. The maximum absolute atomic E-state index is 12.7. The molecule has 2 bridgehead atoms. The van der Waals surface area contributed by atoms with Crippen LogP contribution in [0.2, 0.25) is 0 Å². The summed E-state index contributed by atoms with van der Waals surface area (Å²) in [7, 11) is 2.28. The summed E-state index contributed by atoms with van der Waals surface area (Å²) >= 11 is 0. The Balaban J connectivity index is 1.42. The molecule has 2 fully saturated rings. The highest BCUT2D eigenvalue weighted by Gasteiger charge is 2.42. The monoisotopic (exact) mass is 410 g/mol. The number of amides is 1. The first-order chi connectivity index (χ1) is 14.6. The van der Waals surface area contributed by atoms with E-state index in [0.29, 0.717) is 11.8 Å². The first-order valence-corrected chi connectivity index (χ1v) is 11.1. The Morgan fingerprint density at radius 3 is 2.80 bits per heavy atom. The number of carbonyl (C=O) groups excluding carboxylic acids is 1. The molecule has 1 unspecified atom stereocenters. The lowest BCUT2D eigenvalue weighted by Gasteiger charge is -2.44. The van der Waals surface area contributed by atoms with Gasteiger partial charge >= 0.3 is 0 Å². The molecular formula is C22H30N6O2+2. The summed E-state index contributed by atoms with van der Waals surface area (Å²) in [6.45, 7) is 5.44. The molecule has 0 aromatic carbocycles. The normalized spacial score (nSPS) is 30.4. The number of nitrogens with one attached hydrogen (secondary N) is 3. The smallest absolute Gasteiger partial charge is 0.275 e. The van der Waals surface area contributed by atoms with Crippen molar-refractivity contribution in [2.24, 2.45) is 5.92 Å². The third-order valence-electron chi connectivity index (χ3n) is 7.19. The van der Waals surface area contributed by atoms with Crippen molar-refractivity contribution in [3.8, 4) is 0 Å². The predicted octanol–water partition coefficient (Wildman–Crippen LogP) is -1.43. The van der Waals surface area contributed by atoms with Gasteiger partial charge in [-0.05, 0) is 12.5 Å². The molecule has 2 saturated heterocycles. The lowest BCUT2D eigenvalue weighted by atomic mass is 9.81. The van der Waals surface area contributed by atoms with Crippen LogP contribution >= 0.6 is 0 Å². The van der Waals surface area contributed by atoms with Crippen molar-refractivity contribution in [2.45, 2.75) is 37.8 Å². The van der Waals surface area contributed by atoms with E-state index in [9.17, 15) is 9.59 Å². The molecular weight excluding hydrogens is 380 g/mol. The number of pyridine rings is 1. The summed E-state index contributed by atoms with van der Waals surface area (Å²) < 4.78 is 1.90. The summed E-state index contributed by atoms with van der Waals surface area (Å²) in [6.07, 6.45) is 8.16. The van der Waals surface area contributed by atoms with Gasteiger partial charge < -0.3 is 19.7 Å². The summed E-state index contributed by atoms with van der Waals surface area (Å²) in [5.74, 6) is 0.539. The standard InChI is InChI=1S/C22H28N6O2/c1-26-8-4-17(5-9-26)27-12-15-10-16(14-27)21-18(2-3-20(29)28(21)13-15)25-22(30)19-11-23-6-7-24-19/h2-3,6-7,11,15-17H,4-5,8-10,12-14H2,1H3,(H,25,30)/p+2/t15-,16+/m0/s1. The number of aromatic nitrogens is 3. The van der Waals surface area contributed by atoms with Crippen LogP contribution in [0.1, 0.15) is 41.4 Å². The van der Waals surface area contributed by atoms with Crippen molar-refractivity contribution in [3.63, 3.8) is 0 Å². The van der Waals surface area contributed by atoms with Gasteiger partial charge in [-0.1, -0.05) is 0 Å². The van der Waals surface area contributed by atoms with Crippen LogP contribution < -0.4 is 20.7 Å². The van der Waals surface area contributed by atoms with Gasteiger partial charge in [0.25, 0.3) is 11.5 Å². The fraction of sp³-hybridized carbons (Fsp3) is 0.545. The number of hydrogen-bond donors (Lipinski definition) is 3. The van der Waals surface area contributed by atoms with E-state index in [1.165, 1.54) is 38.3 Å². The van der Waals surface area contributed by atoms with E-state index in [1.807, 2.05) is 4.57 Å². The first-order valence-electron chi connectivity index (χ1n) is 11.1. The lowest BCUT2D eigenvalue weighted by molar-refractivity contribution is -0.959. The summed E-state index contributed by atoms with van der Waals surface area (Å²) in [5, 5.41) is 3.00. The number of anilines is 1. The van der Waals surface area contributed by atoms with Crippen molar-refractivity contribution in [2.75, 3.05) is 38.5 Å². The molecule has 3 aliphatic rings. The Morgan fingerprint density at radius 2 is 2.03 bits per heavy atom. The molecule has 5 rings (SSSR count). The van der Waals surface area contributed by atoms with Crippen LogP contribution in [0.3, 0.4) is 0 Å². The van der Waals surface area contributed by atoms with Gasteiger partial charge in [0.1, 0.15) is 5.69 Å². The Hall–Kier alpha value is -2.58. The molecule has 158 valence electrons. The lowest BCUT2D eigenvalue weighted by Crippen LogP contribution is -3.21. The third kappa shape index (κ3) is 3.65. The molecule has 2 aromatic rings. The van der Waals surface area contributed by atoms with E-state index in [4.69, 9.17) is 0 Å². The zero-order chi connectivity index (χ0) is 20.7. The van der Waals surface area contributed by atoms with E-state index in [0.717, 1.165) is 43.5 Å². The maximum Gasteiger partial charge on any atom is 0.275 e. The molecule has 0 radical (unpaired) electrons. The van der Waals surface area contributed by atoms with Gasteiger partial charge in [0, 0.05) is 43.8 Å². The van der Waals surface area contributed by atoms with E-state index in [2.05, 4.69) is 22.3 Å². The van der Waals surface area contributed by atoms with Crippen molar-refractivity contribution in [1.82, 2.24) is 14.5 Å². The number of fused-ring (bicyclic) bond motifs is 4. The van der Waals surface area contributed by atoms with Gasteiger partial charge in [0.05, 0.1) is 62.8 Å². The molecule has 0 spiro atoms. The molecule has 3 atom stereocenters. The van der Waals surface area contributed by atoms with Crippen LogP contribution in [-0.4, -0.2) is 59.7 Å². The Bertz CT molecular complexity index is 983. The Morgan fingerprint density at radius 1 is 1.20 bits per heavy atom. The highest BCUT2D eigenvalue weighted by molar-refractivity contribution is 6.03. The van der Waals surface area contributed by atoms with Crippen molar-refractivity contribution in [1.29, 1.82) is 0 Å². The zero-order valence-corrected chi connectivity index (χ0v) is 17.4. The quantitative estimate of drug-likeness (QED) is 0.579. The summed E-state index contributed by atoms with van der Waals surface area (Å²) in [6, 6.07) is 4.05. The molecule has 2 aromatic heterocycles. The molecule has 5 heterocycles. The number of likely N-dealkylation sites (tertiary alicyclic amines) is 2. The van der Waals surface area contributed by atoms with Gasteiger partial charge in [-0.25, -0.2) is 4.98 Å². The fourth-order valence-corrected chi connectivity index (χ4v) is 5.73. The highest BCUT2D eigenvalue weighted by Crippen LogP contribution is 2.35. The summed E-state index contributed by atoms with van der Waals surface area (Å²) in [5.41, 5.74) is 2.04. The summed E-state index contributed by atoms with van der Waals surface area (Å²) in [4.78, 5) is 36.7. The van der Waals surface area contributed by atoms with Gasteiger partial charge in [-0.2, -0.15) is 0 Å². The highest BCUT2D eigenvalue weighted by atomic mass is 16.2. The predicted molar refractivity (Wildman–Crippen MR) is 112 cm³/mol. The van der Waals surface area contributed by atoms with Gasteiger partial charge in [-0.3, -0.25) is 14.6 Å². The van der Waals surface area contributed by atoms with E-state index >= 15 is 0 Å². The minimum Gasteiger partial charge on any atom is -0.337 e. The second kappa shape index (κ2) is 7.92. The number of piperidine rings is 2. The minimum atomic E-state index is -0.287. The van der Waals surface area contributed by atoms with Crippen LogP contribution in [0.25, 0.3) is 0 Å². The fourth-order valence-electron chi connectivity index (χ4n) is 5.73. The molecule has 3 aliphatic heterocycles. The van der Waals surface area contributed by atoms with Gasteiger partial charge in [0.15, 0.2) is 0 Å². The Labute approximate surface area is 175 Å². The topological polar surface area (TPSA) is 85.8 Å². The van der Waals surface area contributed by atoms with Crippen molar-refractivity contribution >= 4 is 11.6 Å². The van der Waals surface area contributed by atoms with Crippen LogP contribution in [0.15, 0.2) is 35.5 Å². The van der Waals surface area contributed by atoms with E-state index < -0.39 is 0 Å². The van der Waals surface area contributed by atoms with Crippen LogP contribution in [0, 0.1) is 5.92 Å².